The number of benzene rings is 1. The fourth-order valence-corrected chi connectivity index (χ4v) is 2.86. The molecule has 0 aliphatic carbocycles. The maximum Gasteiger partial charge on any atom is 0.274 e. The first-order valence-electron chi connectivity index (χ1n) is 7.06. The number of nitrogens with zero attached hydrogens (tertiary/aromatic N) is 3. The number of rotatable bonds is 2. The maximum absolute atomic E-state index is 12.5. The summed E-state index contributed by atoms with van der Waals surface area (Å²) in [5.74, 6) is -0.166. The summed E-state index contributed by atoms with van der Waals surface area (Å²) in [6, 6.07) is 13.4. The lowest BCUT2D eigenvalue weighted by Crippen LogP contribution is -2.49. The van der Waals surface area contributed by atoms with Gasteiger partial charge in [-0.15, -0.1) is 0 Å². The average Bonchev–Trinajstić information content (AvgIpc) is 2.57. The predicted octanol–water partition coefficient (Wildman–Crippen LogP) is 3.35. The molecule has 22 heavy (non-hydrogen) atoms. The van der Waals surface area contributed by atoms with Crippen LogP contribution in [0.2, 0.25) is 10.2 Å². The van der Waals surface area contributed by atoms with Gasteiger partial charge in [0, 0.05) is 31.9 Å². The van der Waals surface area contributed by atoms with E-state index in [0.29, 0.717) is 18.1 Å². The molecule has 0 atom stereocenters. The minimum atomic E-state index is -0.166. The first-order chi connectivity index (χ1) is 10.6. The highest BCUT2D eigenvalue weighted by Crippen LogP contribution is 2.21. The zero-order chi connectivity index (χ0) is 15.5. The van der Waals surface area contributed by atoms with E-state index in [0.717, 1.165) is 13.1 Å². The summed E-state index contributed by atoms with van der Waals surface area (Å²) in [7, 11) is 0. The number of hydrogen-bond donors (Lipinski definition) is 0. The zero-order valence-corrected chi connectivity index (χ0v) is 13.4. The fourth-order valence-electron chi connectivity index (χ4n) is 2.52. The van der Waals surface area contributed by atoms with Gasteiger partial charge in [0.2, 0.25) is 0 Å². The van der Waals surface area contributed by atoms with E-state index in [1.165, 1.54) is 5.69 Å². The molecular formula is C16H15Cl2N3O. The first kappa shape index (κ1) is 15.1. The Balaban J connectivity index is 1.68. The van der Waals surface area contributed by atoms with Crippen LogP contribution in [0.3, 0.4) is 0 Å². The van der Waals surface area contributed by atoms with Crippen LogP contribution in [0.5, 0.6) is 0 Å². The molecule has 1 fully saturated rings. The van der Waals surface area contributed by atoms with E-state index in [2.05, 4.69) is 22.0 Å². The van der Waals surface area contributed by atoms with Crippen LogP contribution in [-0.4, -0.2) is 42.0 Å². The number of pyridine rings is 1. The third-order valence-electron chi connectivity index (χ3n) is 3.70. The summed E-state index contributed by atoms with van der Waals surface area (Å²) in [6.45, 7) is 2.85. The number of piperazine rings is 1. The molecule has 0 radical (unpaired) electrons. The van der Waals surface area contributed by atoms with Gasteiger partial charge in [-0.05, 0) is 24.3 Å². The average molecular weight is 336 g/mol. The van der Waals surface area contributed by atoms with Crippen LogP contribution in [-0.2, 0) is 0 Å². The molecule has 1 aliphatic heterocycles. The lowest BCUT2D eigenvalue weighted by atomic mass is 10.2. The molecule has 0 N–H and O–H groups in total. The van der Waals surface area contributed by atoms with Gasteiger partial charge >= 0.3 is 0 Å². The Morgan fingerprint density at radius 1 is 0.955 bits per heavy atom. The molecule has 1 aromatic carbocycles. The molecular weight excluding hydrogens is 321 g/mol. The van der Waals surface area contributed by atoms with Gasteiger partial charge in [0.05, 0.1) is 5.02 Å². The van der Waals surface area contributed by atoms with E-state index >= 15 is 0 Å². The van der Waals surface area contributed by atoms with Gasteiger partial charge < -0.3 is 9.80 Å². The molecule has 0 bridgehead atoms. The van der Waals surface area contributed by atoms with Crippen molar-refractivity contribution in [2.24, 2.45) is 0 Å². The SMILES string of the molecule is O=C(c1nc(Cl)ccc1Cl)N1CCN(c2ccccc2)CC1. The molecule has 4 nitrogen and oxygen atoms in total. The Bertz CT molecular complexity index is 670. The van der Waals surface area contributed by atoms with Gasteiger partial charge in [0.1, 0.15) is 10.8 Å². The van der Waals surface area contributed by atoms with E-state index in [-0.39, 0.29) is 16.8 Å². The van der Waals surface area contributed by atoms with Crippen molar-refractivity contribution in [2.45, 2.75) is 0 Å². The van der Waals surface area contributed by atoms with Crippen molar-refractivity contribution < 1.29 is 4.79 Å². The highest BCUT2D eigenvalue weighted by molar-refractivity contribution is 6.34. The number of para-hydroxylation sites is 1. The largest absolute Gasteiger partial charge is 0.368 e. The normalized spacial score (nSPS) is 15.0. The molecule has 2 aromatic rings. The summed E-state index contributed by atoms with van der Waals surface area (Å²) in [5.41, 5.74) is 1.40. The standard InChI is InChI=1S/C16H15Cl2N3O/c17-13-6-7-14(18)19-15(13)16(22)21-10-8-20(9-11-21)12-4-2-1-3-5-12/h1-7H,8-11H2. The Hall–Kier alpha value is -1.78. The Labute approximate surface area is 139 Å². The number of anilines is 1. The second-order valence-corrected chi connectivity index (χ2v) is 5.87. The number of aromatic nitrogens is 1. The molecule has 1 saturated heterocycles. The number of carbonyl (C=O) groups excluding carboxylic acids is 1. The summed E-state index contributed by atoms with van der Waals surface area (Å²) in [6.07, 6.45) is 0. The van der Waals surface area contributed by atoms with Crippen LogP contribution in [0.4, 0.5) is 5.69 Å². The van der Waals surface area contributed by atoms with Gasteiger partial charge in [0.15, 0.2) is 0 Å². The number of hydrogen-bond acceptors (Lipinski definition) is 3. The first-order valence-corrected chi connectivity index (χ1v) is 7.82. The Kier molecular flexibility index (Phi) is 4.50. The topological polar surface area (TPSA) is 36.4 Å². The van der Waals surface area contributed by atoms with Crippen molar-refractivity contribution in [3.8, 4) is 0 Å². The van der Waals surface area contributed by atoms with Crippen LogP contribution < -0.4 is 4.90 Å². The molecule has 2 heterocycles. The molecule has 3 rings (SSSR count). The molecule has 1 amide bonds. The molecule has 1 aromatic heterocycles. The fraction of sp³-hybridized carbons (Fsp3) is 0.250. The van der Waals surface area contributed by atoms with Gasteiger partial charge in [-0.3, -0.25) is 4.79 Å². The second-order valence-electron chi connectivity index (χ2n) is 5.08. The van der Waals surface area contributed by atoms with Crippen LogP contribution in [0.15, 0.2) is 42.5 Å². The van der Waals surface area contributed by atoms with Gasteiger partial charge in [0.25, 0.3) is 5.91 Å². The summed E-state index contributed by atoms with van der Waals surface area (Å²) >= 11 is 11.9. The number of amides is 1. The van der Waals surface area contributed by atoms with E-state index in [9.17, 15) is 4.79 Å². The van der Waals surface area contributed by atoms with Gasteiger partial charge in [-0.1, -0.05) is 41.4 Å². The summed E-state index contributed by atoms with van der Waals surface area (Å²) < 4.78 is 0. The highest BCUT2D eigenvalue weighted by atomic mass is 35.5. The minimum absolute atomic E-state index is 0.166. The van der Waals surface area contributed by atoms with Crippen molar-refractivity contribution in [3.63, 3.8) is 0 Å². The van der Waals surface area contributed by atoms with Gasteiger partial charge in [-0.2, -0.15) is 0 Å². The monoisotopic (exact) mass is 335 g/mol. The van der Waals surface area contributed by atoms with Crippen LogP contribution in [0, 0.1) is 0 Å². The summed E-state index contributed by atoms with van der Waals surface area (Å²) in [5, 5.41) is 0.607. The van der Waals surface area contributed by atoms with Crippen molar-refractivity contribution in [3.05, 3.63) is 58.3 Å². The van der Waals surface area contributed by atoms with E-state index in [1.54, 1.807) is 17.0 Å². The smallest absolute Gasteiger partial charge is 0.274 e. The van der Waals surface area contributed by atoms with Crippen molar-refractivity contribution in [1.82, 2.24) is 9.88 Å². The maximum atomic E-state index is 12.5. The van der Waals surface area contributed by atoms with Crippen molar-refractivity contribution >= 4 is 34.8 Å². The predicted molar refractivity (Wildman–Crippen MR) is 88.8 cm³/mol. The van der Waals surface area contributed by atoms with Crippen LogP contribution in [0.1, 0.15) is 10.5 Å². The van der Waals surface area contributed by atoms with Gasteiger partial charge in [-0.25, -0.2) is 4.98 Å². The van der Waals surface area contributed by atoms with E-state index < -0.39 is 0 Å². The van der Waals surface area contributed by atoms with E-state index in [1.807, 2.05) is 18.2 Å². The number of halogens is 2. The zero-order valence-electron chi connectivity index (χ0n) is 11.9. The third-order valence-corrected chi connectivity index (χ3v) is 4.22. The molecule has 0 saturated carbocycles. The Morgan fingerprint density at radius 2 is 1.64 bits per heavy atom. The van der Waals surface area contributed by atoms with Crippen LogP contribution >= 0.6 is 23.2 Å². The molecule has 6 heteroatoms. The summed E-state index contributed by atoms with van der Waals surface area (Å²) in [4.78, 5) is 20.6. The van der Waals surface area contributed by atoms with Crippen molar-refractivity contribution in [2.75, 3.05) is 31.1 Å². The molecule has 0 spiro atoms. The third kappa shape index (κ3) is 3.18. The highest BCUT2D eigenvalue weighted by Gasteiger charge is 2.24. The minimum Gasteiger partial charge on any atom is -0.368 e. The van der Waals surface area contributed by atoms with Crippen LogP contribution in [0.25, 0.3) is 0 Å². The number of carbonyl (C=O) groups is 1. The molecule has 114 valence electrons. The van der Waals surface area contributed by atoms with Crippen molar-refractivity contribution in [1.29, 1.82) is 0 Å². The lowest BCUT2D eigenvalue weighted by molar-refractivity contribution is 0.0741. The van der Waals surface area contributed by atoms with E-state index in [4.69, 9.17) is 23.2 Å². The second kappa shape index (κ2) is 6.55. The quantitative estimate of drug-likeness (QED) is 0.789. The lowest BCUT2D eigenvalue weighted by Gasteiger charge is -2.36. The Morgan fingerprint density at radius 3 is 2.32 bits per heavy atom. The molecule has 1 aliphatic rings. The molecule has 0 unspecified atom stereocenters.